The van der Waals surface area contributed by atoms with Crippen LogP contribution >= 0.6 is 31.9 Å². The molecule has 8 nitrogen and oxygen atoms in total. The number of nitrogens with one attached hydrogen (secondary N) is 1. The van der Waals surface area contributed by atoms with Crippen LogP contribution in [0.2, 0.25) is 0 Å². The number of nitrogens with zero attached hydrogens (tertiary/aromatic N) is 1. The van der Waals surface area contributed by atoms with Crippen molar-refractivity contribution >= 4 is 60.8 Å². The maximum absolute atomic E-state index is 11.7. The van der Waals surface area contributed by atoms with Gasteiger partial charge in [-0.1, -0.05) is 44.0 Å². The Morgan fingerprint density at radius 3 is 1.88 bits per heavy atom. The van der Waals surface area contributed by atoms with Crippen molar-refractivity contribution in [3.8, 4) is 0 Å². The molecule has 10 heteroatoms. The second kappa shape index (κ2) is 14.1. The molecular weight excluding hydrogens is 570 g/mol. The van der Waals surface area contributed by atoms with Crippen molar-refractivity contribution in [2.75, 3.05) is 21.7 Å². The van der Waals surface area contributed by atoms with Gasteiger partial charge >= 0.3 is 5.97 Å². The molecule has 2 aromatic rings. The van der Waals surface area contributed by atoms with Crippen LogP contribution in [0.3, 0.4) is 0 Å². The number of nitrogen functional groups attached to an aromatic ring is 1. The molecule has 0 aliphatic heterocycles. The van der Waals surface area contributed by atoms with Crippen molar-refractivity contribution in [3.63, 3.8) is 0 Å². The van der Waals surface area contributed by atoms with E-state index in [2.05, 4.69) is 55.9 Å². The highest BCUT2D eigenvalue weighted by Gasteiger charge is 2.29. The van der Waals surface area contributed by atoms with Crippen LogP contribution in [-0.2, 0) is 9.59 Å². The molecule has 0 saturated heterocycles. The van der Waals surface area contributed by atoms with Crippen molar-refractivity contribution in [2.24, 2.45) is 0 Å². The minimum atomic E-state index is -1.62. The molecule has 2 rings (SSSR count). The Morgan fingerprint density at radius 1 is 0.971 bits per heavy atom. The molecule has 0 bridgehead atoms. The first-order valence-electron chi connectivity index (χ1n) is 10.0. The van der Waals surface area contributed by atoms with Crippen LogP contribution in [0.5, 0.6) is 0 Å². The minimum Gasteiger partial charge on any atom is -0.479 e. The van der Waals surface area contributed by atoms with E-state index in [4.69, 9.17) is 22.5 Å². The van der Waals surface area contributed by atoms with E-state index in [1.54, 1.807) is 25.1 Å². The number of rotatable bonds is 5. The maximum atomic E-state index is 11.7. The maximum Gasteiger partial charge on any atom is 0.336 e. The number of nitrogens with two attached hydrogens (primary N) is 1. The Kier molecular flexibility index (Phi) is 13.1. The number of carboxylic acids is 1. The van der Waals surface area contributed by atoms with E-state index in [0.717, 1.165) is 11.3 Å². The largest absolute Gasteiger partial charge is 0.479 e. The zero-order valence-electron chi connectivity index (χ0n) is 19.8. The molecule has 0 saturated carbocycles. The number of aryl methyl sites for hydroxylation is 3. The number of amides is 1. The van der Waals surface area contributed by atoms with Crippen molar-refractivity contribution < 1.29 is 24.9 Å². The summed E-state index contributed by atoms with van der Waals surface area (Å²) in [6, 6.07) is 10.9. The summed E-state index contributed by atoms with van der Waals surface area (Å²) in [7, 11) is 0. The normalized spacial score (nSPS) is 13.4. The first-order valence-corrected chi connectivity index (χ1v) is 12.3. The van der Waals surface area contributed by atoms with Crippen LogP contribution in [0.1, 0.15) is 30.5 Å². The number of hydrogen-bond acceptors (Lipinski definition) is 5. The molecule has 0 aliphatic rings. The van der Waals surface area contributed by atoms with Gasteiger partial charge in [-0.25, -0.2) is 9.64 Å². The fraction of sp³-hybridized carbons (Fsp3) is 0.375. The monoisotopic (exact) mass is 599 g/mol. The molecule has 0 unspecified atom stereocenters. The van der Waals surface area contributed by atoms with Crippen molar-refractivity contribution in [1.82, 2.24) is 0 Å². The van der Waals surface area contributed by atoms with Gasteiger partial charge in [-0.05, 0) is 75.6 Å². The van der Waals surface area contributed by atoms with E-state index in [9.17, 15) is 14.7 Å². The van der Waals surface area contributed by atoms with Crippen molar-refractivity contribution in [3.05, 3.63) is 64.5 Å². The summed E-state index contributed by atoms with van der Waals surface area (Å²) in [5.74, 6) is -1.70. The summed E-state index contributed by atoms with van der Waals surface area (Å²) >= 11 is 5.91. The number of aliphatic carboxylic acids is 1. The number of hydrogen-bond donors (Lipinski definition) is 5. The van der Waals surface area contributed by atoms with Crippen LogP contribution in [-0.4, -0.2) is 49.1 Å². The summed E-state index contributed by atoms with van der Waals surface area (Å²) in [4.78, 5) is 25.0. The Hall–Kier alpha value is -2.45. The second-order valence-corrected chi connectivity index (χ2v) is 9.15. The number of carbonyl (C=O) groups is 2. The van der Waals surface area contributed by atoms with Gasteiger partial charge < -0.3 is 26.4 Å². The lowest BCUT2D eigenvalue weighted by Crippen LogP contribution is -2.41. The van der Waals surface area contributed by atoms with Crippen LogP contribution in [0.4, 0.5) is 17.1 Å². The minimum absolute atomic E-state index is 0.0509. The molecular formula is C24H31Br2N3O5. The molecule has 0 radical (unpaired) electrons. The van der Waals surface area contributed by atoms with E-state index < -0.39 is 23.1 Å². The highest BCUT2D eigenvalue weighted by molar-refractivity contribution is 9.09. The van der Waals surface area contributed by atoms with Crippen LogP contribution in [0.15, 0.2) is 36.4 Å². The molecule has 0 aromatic heterocycles. The van der Waals surface area contributed by atoms with Crippen LogP contribution < -0.4 is 11.1 Å². The first-order chi connectivity index (χ1) is 15.6. The van der Waals surface area contributed by atoms with Gasteiger partial charge in [0.25, 0.3) is 5.91 Å². The highest BCUT2D eigenvalue weighted by atomic mass is 79.9. The Bertz CT molecular complexity index is 1030. The van der Waals surface area contributed by atoms with E-state index >= 15 is 0 Å². The van der Waals surface area contributed by atoms with Gasteiger partial charge in [0.2, 0.25) is 0 Å². The van der Waals surface area contributed by atoms with E-state index in [-0.39, 0.29) is 10.7 Å². The van der Waals surface area contributed by atoms with Gasteiger partial charge in [0, 0.05) is 22.0 Å². The number of halogens is 2. The molecule has 6 N–H and O–H groups in total. The predicted molar refractivity (Wildman–Crippen MR) is 143 cm³/mol. The summed E-state index contributed by atoms with van der Waals surface area (Å²) in [6.45, 7) is 15.5. The molecule has 1 amide bonds. The Labute approximate surface area is 217 Å². The second-order valence-electron chi connectivity index (χ2n) is 8.03. The summed E-state index contributed by atoms with van der Waals surface area (Å²) < 4.78 is 0. The Morgan fingerprint density at radius 2 is 1.53 bits per heavy atom. The van der Waals surface area contributed by atoms with E-state index in [0.29, 0.717) is 11.4 Å². The average molecular weight is 601 g/mol. The fourth-order valence-electron chi connectivity index (χ4n) is 2.01. The van der Waals surface area contributed by atoms with Crippen LogP contribution in [0.25, 0.3) is 4.85 Å². The smallest absolute Gasteiger partial charge is 0.336 e. The number of carbonyl (C=O) groups excluding carboxylic acids is 1. The van der Waals surface area contributed by atoms with E-state index in [1.165, 1.54) is 25.0 Å². The molecule has 0 spiro atoms. The van der Waals surface area contributed by atoms with Crippen molar-refractivity contribution in [2.45, 2.75) is 45.8 Å². The standard InChI is InChI=1S/C12H13BrN2O2.C8H11N.C4H7BrO3/c1-8-6-9(4-5-10(8)14-3)15-11(16)12(2,17)7-13;1-6-3-4-8(9)5-7(6)2;1-4(8,2-5)3(6)7/h4-6,17H,7H2,1-2H3,(H,15,16);3-5H,9H2,1-2H3;8H,2H2,1H3,(H,6,7)/t12-;;4-/m0.0/s1. The van der Waals surface area contributed by atoms with Crippen LogP contribution in [0, 0.1) is 27.3 Å². The molecule has 186 valence electrons. The SMILES string of the molecule is C[C@](O)(CBr)C(=O)O.Cc1ccc(N)cc1C.[C-]#[N+]c1ccc(NC(=O)[C@@](C)(O)CBr)cc1C. The quantitative estimate of drug-likeness (QED) is 0.191. The topological polar surface area (TPSA) is 137 Å². The molecule has 2 atom stereocenters. The molecule has 2 aromatic carbocycles. The number of alkyl halides is 2. The van der Waals surface area contributed by atoms with Gasteiger partial charge in [0.15, 0.2) is 11.3 Å². The predicted octanol–water partition coefficient (Wildman–Crippen LogP) is 4.73. The highest BCUT2D eigenvalue weighted by Crippen LogP contribution is 2.23. The molecule has 0 aliphatic carbocycles. The Balaban J connectivity index is 0.000000538. The zero-order chi connectivity index (χ0) is 26.7. The lowest BCUT2D eigenvalue weighted by molar-refractivity contribution is -0.154. The zero-order valence-corrected chi connectivity index (χ0v) is 23.0. The molecule has 34 heavy (non-hydrogen) atoms. The lowest BCUT2D eigenvalue weighted by atomic mass is 10.1. The van der Waals surface area contributed by atoms with E-state index in [1.807, 2.05) is 18.2 Å². The number of carboxylic acid groups (broad SMARTS) is 1. The van der Waals surface area contributed by atoms with Gasteiger partial charge in [0.1, 0.15) is 5.60 Å². The van der Waals surface area contributed by atoms with Gasteiger partial charge in [0.05, 0.1) is 6.57 Å². The first kappa shape index (κ1) is 31.6. The third-order valence-electron chi connectivity index (χ3n) is 4.58. The summed E-state index contributed by atoms with van der Waals surface area (Å²) in [5, 5.41) is 29.4. The van der Waals surface area contributed by atoms with Crippen molar-refractivity contribution in [1.29, 1.82) is 0 Å². The molecule has 0 heterocycles. The number of benzene rings is 2. The van der Waals surface area contributed by atoms with Gasteiger partial charge in [-0.2, -0.15) is 0 Å². The third kappa shape index (κ3) is 10.7. The van der Waals surface area contributed by atoms with Gasteiger partial charge in [-0.3, -0.25) is 4.79 Å². The van der Waals surface area contributed by atoms with Gasteiger partial charge in [-0.15, -0.1) is 0 Å². The summed E-state index contributed by atoms with van der Waals surface area (Å²) in [5.41, 5.74) is 7.76. The lowest BCUT2D eigenvalue weighted by Gasteiger charge is -2.19. The third-order valence-corrected chi connectivity index (χ3v) is 6.76. The average Bonchev–Trinajstić information content (AvgIpc) is 2.77. The number of anilines is 2. The fourth-order valence-corrected chi connectivity index (χ4v) is 2.50. The molecule has 0 fully saturated rings. The summed E-state index contributed by atoms with van der Waals surface area (Å²) in [6.07, 6.45) is 0. The number of aliphatic hydroxyl groups is 2.